The first kappa shape index (κ1) is 16.3. The van der Waals surface area contributed by atoms with E-state index in [1.165, 1.54) is 18.5 Å². The van der Waals surface area contributed by atoms with E-state index in [0.29, 0.717) is 6.04 Å². The lowest BCUT2D eigenvalue weighted by molar-refractivity contribution is 0.199. The Morgan fingerprint density at radius 2 is 2.33 bits per heavy atom. The number of nitrogens with zero attached hydrogens (tertiary/aromatic N) is 3. The molecule has 5 nitrogen and oxygen atoms in total. The van der Waals surface area contributed by atoms with Gasteiger partial charge in [0.15, 0.2) is 10.8 Å². The van der Waals surface area contributed by atoms with Crippen molar-refractivity contribution in [2.45, 2.75) is 39.3 Å². The number of nitrogens with one attached hydrogen (secondary N) is 1. The molecule has 0 aliphatic rings. The number of thiazole rings is 1. The van der Waals surface area contributed by atoms with Gasteiger partial charge in [0.1, 0.15) is 0 Å². The van der Waals surface area contributed by atoms with Crippen molar-refractivity contribution < 1.29 is 4.74 Å². The van der Waals surface area contributed by atoms with Crippen LogP contribution in [0.5, 0.6) is 0 Å². The Kier molecular flexibility index (Phi) is 6.02. The maximum Gasteiger partial charge on any atom is 0.195 e. The third-order valence-electron chi connectivity index (χ3n) is 3.82. The summed E-state index contributed by atoms with van der Waals surface area (Å²) in [6.07, 6.45) is 4.47. The van der Waals surface area contributed by atoms with Gasteiger partial charge in [-0.2, -0.15) is 0 Å². The quantitative estimate of drug-likeness (QED) is 0.723. The molecule has 6 heteroatoms. The van der Waals surface area contributed by atoms with Crippen LogP contribution in [0.3, 0.4) is 0 Å². The molecule has 0 spiro atoms. The normalized spacial score (nSPS) is 13.0. The topological polar surface area (TPSA) is 41.8 Å². The highest BCUT2D eigenvalue weighted by atomic mass is 32.1. The summed E-state index contributed by atoms with van der Waals surface area (Å²) in [5, 5.41) is 5.51. The van der Waals surface area contributed by atoms with Crippen molar-refractivity contribution in [3.05, 3.63) is 17.3 Å². The molecule has 1 atom stereocenters. The van der Waals surface area contributed by atoms with Gasteiger partial charge in [-0.3, -0.25) is 4.40 Å². The molecule has 0 bridgehead atoms. The number of rotatable bonds is 9. The van der Waals surface area contributed by atoms with Gasteiger partial charge in [-0.25, -0.2) is 4.98 Å². The predicted molar refractivity (Wildman–Crippen MR) is 89.4 cm³/mol. The molecule has 1 unspecified atom stereocenters. The Morgan fingerprint density at radius 1 is 1.52 bits per heavy atom. The van der Waals surface area contributed by atoms with Gasteiger partial charge < -0.3 is 15.0 Å². The standard InChI is InChI=1S/C15H26N4OS/c1-5-6-12(2)18(3)14-13(11-16-7-9-20-4)19-8-10-21-15(19)17-14/h8,10,12,16H,5-7,9,11H2,1-4H3. The van der Waals surface area contributed by atoms with Crippen molar-refractivity contribution in [1.29, 1.82) is 0 Å². The van der Waals surface area contributed by atoms with Crippen LogP contribution >= 0.6 is 11.3 Å². The second-order valence-electron chi connectivity index (χ2n) is 5.36. The number of aromatic nitrogens is 2. The average Bonchev–Trinajstić information content (AvgIpc) is 3.04. The van der Waals surface area contributed by atoms with E-state index in [9.17, 15) is 0 Å². The van der Waals surface area contributed by atoms with Crippen LogP contribution in [0.2, 0.25) is 0 Å². The van der Waals surface area contributed by atoms with E-state index < -0.39 is 0 Å². The minimum absolute atomic E-state index is 0.498. The van der Waals surface area contributed by atoms with Crippen molar-refractivity contribution >= 4 is 22.1 Å². The Hall–Kier alpha value is -1.11. The zero-order valence-corrected chi connectivity index (χ0v) is 14.2. The molecule has 2 aromatic heterocycles. The van der Waals surface area contributed by atoms with Crippen LogP contribution in [-0.4, -0.2) is 42.7 Å². The third-order valence-corrected chi connectivity index (χ3v) is 4.57. The lowest BCUT2D eigenvalue weighted by Gasteiger charge is -2.25. The molecule has 2 aromatic rings. The Morgan fingerprint density at radius 3 is 3.05 bits per heavy atom. The van der Waals surface area contributed by atoms with E-state index in [-0.39, 0.29) is 0 Å². The summed E-state index contributed by atoms with van der Waals surface area (Å²) in [5.41, 5.74) is 1.23. The average molecular weight is 310 g/mol. The second kappa shape index (κ2) is 7.77. The molecule has 0 radical (unpaired) electrons. The van der Waals surface area contributed by atoms with Gasteiger partial charge in [0.2, 0.25) is 0 Å². The number of hydrogen-bond donors (Lipinski definition) is 1. The fraction of sp³-hybridized carbons (Fsp3) is 0.667. The molecule has 0 aliphatic carbocycles. The van der Waals surface area contributed by atoms with Crippen LogP contribution < -0.4 is 10.2 Å². The van der Waals surface area contributed by atoms with Gasteiger partial charge in [-0.15, -0.1) is 11.3 Å². The van der Waals surface area contributed by atoms with Gasteiger partial charge in [0.05, 0.1) is 12.3 Å². The Labute approximate surface area is 130 Å². The van der Waals surface area contributed by atoms with E-state index >= 15 is 0 Å². The fourth-order valence-corrected chi connectivity index (χ4v) is 3.20. The van der Waals surface area contributed by atoms with Crippen LogP contribution in [0.25, 0.3) is 4.96 Å². The van der Waals surface area contributed by atoms with Crippen molar-refractivity contribution in [3.63, 3.8) is 0 Å². The molecule has 2 heterocycles. The zero-order valence-electron chi connectivity index (χ0n) is 13.4. The minimum atomic E-state index is 0.498. The number of anilines is 1. The van der Waals surface area contributed by atoms with Crippen molar-refractivity contribution in [3.8, 4) is 0 Å². The molecule has 1 N–H and O–H groups in total. The van der Waals surface area contributed by atoms with Gasteiger partial charge in [-0.05, 0) is 13.3 Å². The summed E-state index contributed by atoms with van der Waals surface area (Å²) < 4.78 is 7.28. The van der Waals surface area contributed by atoms with E-state index in [0.717, 1.165) is 30.5 Å². The third kappa shape index (κ3) is 3.75. The van der Waals surface area contributed by atoms with Gasteiger partial charge in [-0.1, -0.05) is 13.3 Å². The number of ether oxygens (including phenoxy) is 1. The summed E-state index contributed by atoms with van der Waals surface area (Å²) in [6.45, 7) is 6.87. The van der Waals surface area contributed by atoms with Crippen LogP contribution in [0.1, 0.15) is 32.4 Å². The Bertz CT molecular complexity index is 551. The van der Waals surface area contributed by atoms with Crippen molar-refractivity contribution in [2.24, 2.45) is 0 Å². The first-order valence-electron chi connectivity index (χ1n) is 7.56. The molecule has 0 amide bonds. The van der Waals surface area contributed by atoms with E-state index in [2.05, 4.69) is 47.1 Å². The molecular formula is C15H26N4OS. The Balaban J connectivity index is 2.19. The summed E-state index contributed by atoms with van der Waals surface area (Å²) in [5.74, 6) is 1.09. The predicted octanol–water partition coefficient (Wildman–Crippen LogP) is 2.76. The maximum absolute atomic E-state index is 5.09. The largest absolute Gasteiger partial charge is 0.383 e. The van der Waals surface area contributed by atoms with Gasteiger partial charge in [0.25, 0.3) is 0 Å². The first-order chi connectivity index (χ1) is 10.2. The second-order valence-corrected chi connectivity index (χ2v) is 6.23. The number of fused-ring (bicyclic) bond motifs is 1. The van der Waals surface area contributed by atoms with Crippen molar-refractivity contribution in [2.75, 3.05) is 32.2 Å². The molecular weight excluding hydrogens is 284 g/mol. The van der Waals surface area contributed by atoms with Gasteiger partial charge in [0, 0.05) is 44.9 Å². The molecule has 118 valence electrons. The zero-order chi connectivity index (χ0) is 15.2. The van der Waals surface area contributed by atoms with Crippen molar-refractivity contribution in [1.82, 2.24) is 14.7 Å². The van der Waals surface area contributed by atoms with Crippen LogP contribution in [0, 0.1) is 0 Å². The molecule has 0 aliphatic heterocycles. The van der Waals surface area contributed by atoms with E-state index in [1.54, 1.807) is 18.4 Å². The SMILES string of the molecule is CCCC(C)N(C)c1nc2sccn2c1CNCCOC. The van der Waals surface area contributed by atoms with E-state index in [4.69, 9.17) is 9.72 Å². The summed E-state index contributed by atoms with van der Waals surface area (Å²) >= 11 is 1.68. The van der Waals surface area contributed by atoms with Crippen LogP contribution in [0.15, 0.2) is 11.6 Å². The number of hydrogen-bond acceptors (Lipinski definition) is 5. The lowest BCUT2D eigenvalue weighted by atomic mass is 10.1. The molecule has 0 saturated heterocycles. The minimum Gasteiger partial charge on any atom is -0.383 e. The molecule has 0 saturated carbocycles. The number of imidazole rings is 1. The highest BCUT2D eigenvalue weighted by Gasteiger charge is 2.19. The summed E-state index contributed by atoms with van der Waals surface area (Å²) in [7, 11) is 3.87. The van der Waals surface area contributed by atoms with Crippen LogP contribution in [0.4, 0.5) is 5.82 Å². The molecule has 0 aromatic carbocycles. The molecule has 2 rings (SSSR count). The van der Waals surface area contributed by atoms with Gasteiger partial charge >= 0.3 is 0 Å². The first-order valence-corrected chi connectivity index (χ1v) is 8.43. The lowest BCUT2D eigenvalue weighted by Crippen LogP contribution is -2.30. The highest BCUT2D eigenvalue weighted by Crippen LogP contribution is 2.26. The fourth-order valence-electron chi connectivity index (χ4n) is 2.47. The molecule has 21 heavy (non-hydrogen) atoms. The highest BCUT2D eigenvalue weighted by molar-refractivity contribution is 7.15. The maximum atomic E-state index is 5.09. The summed E-state index contributed by atoms with van der Waals surface area (Å²) in [4.78, 5) is 8.17. The molecule has 0 fully saturated rings. The summed E-state index contributed by atoms with van der Waals surface area (Å²) in [6, 6.07) is 0.498. The monoisotopic (exact) mass is 310 g/mol. The van der Waals surface area contributed by atoms with Crippen LogP contribution in [-0.2, 0) is 11.3 Å². The smallest absolute Gasteiger partial charge is 0.195 e. The number of methoxy groups -OCH3 is 1. The van der Waals surface area contributed by atoms with E-state index in [1.807, 2.05) is 0 Å².